The zero-order valence-corrected chi connectivity index (χ0v) is 24.1. The number of benzene rings is 1. The first-order chi connectivity index (χ1) is 21.0. The van der Waals surface area contributed by atoms with Gasteiger partial charge in [-0.15, -0.1) is 0 Å². The summed E-state index contributed by atoms with van der Waals surface area (Å²) in [6.07, 6.45) is -2.58. The highest BCUT2D eigenvalue weighted by Crippen LogP contribution is 2.45. The number of fused-ring (bicyclic) bond motifs is 3. The van der Waals surface area contributed by atoms with E-state index in [2.05, 4.69) is 14.9 Å². The fourth-order valence-electron chi connectivity index (χ4n) is 7.51. The van der Waals surface area contributed by atoms with Crippen LogP contribution in [0.1, 0.15) is 48.9 Å². The molecule has 3 fully saturated rings. The number of nitrogens with two attached hydrogens (primary N) is 1. The second kappa shape index (κ2) is 10.6. The van der Waals surface area contributed by atoms with Gasteiger partial charge in [-0.2, -0.15) is 23.1 Å². The van der Waals surface area contributed by atoms with E-state index in [1.54, 1.807) is 0 Å². The number of aromatic nitrogens is 3. The van der Waals surface area contributed by atoms with Gasteiger partial charge in [-0.3, -0.25) is 4.90 Å². The molecule has 3 aromatic rings. The molecule has 44 heavy (non-hydrogen) atoms. The Balaban J connectivity index is 1.42. The Morgan fingerprint density at radius 2 is 1.95 bits per heavy atom. The summed E-state index contributed by atoms with van der Waals surface area (Å²) in [5.41, 5.74) is 1.32. The van der Waals surface area contributed by atoms with E-state index >= 15 is 4.39 Å². The lowest BCUT2D eigenvalue weighted by Crippen LogP contribution is -2.43. The van der Waals surface area contributed by atoms with Crippen LogP contribution in [0.3, 0.4) is 0 Å². The number of hydrogen-bond acceptors (Lipinski definition) is 8. The molecule has 0 unspecified atom stereocenters. The molecule has 236 valence electrons. The van der Waals surface area contributed by atoms with E-state index in [0.717, 1.165) is 32.4 Å². The van der Waals surface area contributed by atoms with Gasteiger partial charge in [0.15, 0.2) is 5.82 Å². The molecule has 0 bridgehead atoms. The van der Waals surface area contributed by atoms with E-state index in [0.29, 0.717) is 57.1 Å². The van der Waals surface area contributed by atoms with Crippen molar-refractivity contribution in [3.8, 4) is 17.3 Å². The van der Waals surface area contributed by atoms with Gasteiger partial charge in [0.1, 0.15) is 35.6 Å². The Bertz CT molecular complexity index is 1640. The minimum atomic E-state index is -5.02. The molecule has 0 amide bonds. The lowest BCUT2D eigenvalue weighted by atomic mass is 9.95. The minimum absolute atomic E-state index is 0.0865. The maximum atomic E-state index is 16.6. The Morgan fingerprint density at radius 3 is 2.75 bits per heavy atom. The number of nitrogen functional groups attached to an aromatic ring is 1. The van der Waals surface area contributed by atoms with Gasteiger partial charge < -0.3 is 20.1 Å². The van der Waals surface area contributed by atoms with E-state index in [1.165, 1.54) is 0 Å². The highest BCUT2D eigenvalue weighted by molar-refractivity contribution is 5.95. The number of aryl methyl sites for hydroxylation is 1. The van der Waals surface area contributed by atoms with E-state index < -0.39 is 57.6 Å². The molecule has 14 heteroatoms. The summed E-state index contributed by atoms with van der Waals surface area (Å²) < 4.78 is 100. The first-order valence-electron chi connectivity index (χ1n) is 14.9. The second-order valence-electron chi connectivity index (χ2n) is 12.3. The van der Waals surface area contributed by atoms with Gasteiger partial charge in [0, 0.05) is 31.7 Å². The predicted octanol–water partition coefficient (Wildman–Crippen LogP) is 5.38. The van der Waals surface area contributed by atoms with Crippen LogP contribution in [0.15, 0.2) is 6.07 Å². The van der Waals surface area contributed by atoms with Crippen LogP contribution in [0.4, 0.5) is 37.8 Å². The van der Waals surface area contributed by atoms with Gasteiger partial charge in [0.2, 0.25) is 0 Å². The number of ether oxygens (including phenoxy) is 2. The number of pyridine rings is 1. The Kier molecular flexibility index (Phi) is 7.07. The smallest absolute Gasteiger partial charge is 0.417 e. The van der Waals surface area contributed by atoms with Crippen LogP contribution in [0, 0.1) is 18.6 Å². The van der Waals surface area contributed by atoms with Crippen molar-refractivity contribution in [2.75, 3.05) is 50.1 Å². The van der Waals surface area contributed by atoms with Gasteiger partial charge in [-0.25, -0.2) is 18.2 Å². The summed E-state index contributed by atoms with van der Waals surface area (Å²) in [6.45, 7) is 3.57. The molecule has 3 saturated heterocycles. The van der Waals surface area contributed by atoms with Crippen molar-refractivity contribution in [2.45, 2.75) is 69.4 Å². The van der Waals surface area contributed by atoms with Crippen molar-refractivity contribution < 1.29 is 35.8 Å². The summed E-state index contributed by atoms with van der Waals surface area (Å²) in [7, 11) is 0. The van der Waals surface area contributed by atoms with Gasteiger partial charge in [-0.1, -0.05) is 0 Å². The van der Waals surface area contributed by atoms with Crippen LogP contribution < -0.4 is 15.4 Å². The second-order valence-corrected chi connectivity index (χ2v) is 12.3. The molecule has 4 aliphatic rings. The number of nitrogens with zero attached hydrogens (tertiary/aromatic N) is 5. The number of rotatable bonds is 4. The monoisotopic (exact) mass is 622 g/mol. The lowest BCUT2D eigenvalue weighted by molar-refractivity contribution is -0.137. The molecule has 8 nitrogen and oxygen atoms in total. The van der Waals surface area contributed by atoms with Crippen LogP contribution in [-0.4, -0.2) is 77.1 Å². The molecule has 0 saturated carbocycles. The molecular weight excluding hydrogens is 590 g/mol. The van der Waals surface area contributed by atoms with Crippen molar-refractivity contribution in [1.29, 1.82) is 0 Å². The minimum Gasteiger partial charge on any atom is -0.461 e. The highest BCUT2D eigenvalue weighted by Gasteiger charge is 2.49. The van der Waals surface area contributed by atoms with E-state index in [-0.39, 0.29) is 36.0 Å². The fraction of sp³-hybridized carbons (Fsp3) is 0.567. The van der Waals surface area contributed by atoms with Crippen molar-refractivity contribution in [2.24, 2.45) is 0 Å². The standard InChI is InChI=1S/C30H32F6N6O2/c1-15-22(30(34,35)36)18(10-19(37)23(15)32)25-24(33)26-21-20(38-25)5-4-17-13-43-9-3-8-42(17)27(21)40-28(39-26)44-14-29-6-2-7-41(29)12-16(31)11-29/h10,16-17H,2-9,11-14,37H2,1H3/t16-,17+,29+/m1/s1. The number of alkyl halides is 4. The molecule has 6 heterocycles. The van der Waals surface area contributed by atoms with Crippen molar-refractivity contribution in [3.05, 3.63) is 34.5 Å². The Morgan fingerprint density at radius 1 is 1.14 bits per heavy atom. The number of halogens is 6. The zero-order chi connectivity index (χ0) is 31.0. The molecule has 1 aromatic carbocycles. The third kappa shape index (κ3) is 4.72. The Labute approximate surface area is 249 Å². The largest absolute Gasteiger partial charge is 0.461 e. The molecule has 4 aliphatic heterocycles. The van der Waals surface area contributed by atoms with Crippen molar-refractivity contribution >= 4 is 22.4 Å². The van der Waals surface area contributed by atoms with Crippen LogP contribution in [0.2, 0.25) is 0 Å². The predicted molar refractivity (Wildman–Crippen MR) is 150 cm³/mol. The van der Waals surface area contributed by atoms with E-state index in [4.69, 9.17) is 20.2 Å². The summed E-state index contributed by atoms with van der Waals surface area (Å²) >= 11 is 0. The maximum Gasteiger partial charge on any atom is 0.417 e. The summed E-state index contributed by atoms with van der Waals surface area (Å²) in [4.78, 5) is 17.6. The van der Waals surface area contributed by atoms with Crippen LogP contribution in [0.25, 0.3) is 22.2 Å². The fourth-order valence-corrected chi connectivity index (χ4v) is 7.51. The molecule has 7 rings (SSSR count). The number of anilines is 2. The zero-order valence-electron chi connectivity index (χ0n) is 24.1. The molecule has 0 aliphatic carbocycles. The SMILES string of the molecule is Cc1c(F)c(N)cc(-c2nc3c4c(nc(OC[C@@]56CCCN5C[C@H](F)C6)nc4c2F)N2CCCOC[C@@H]2CC3)c1C(F)(F)F. The average molecular weight is 623 g/mol. The topological polar surface area (TPSA) is 89.6 Å². The quantitative estimate of drug-likeness (QED) is 0.307. The highest BCUT2D eigenvalue weighted by atomic mass is 19.4. The molecule has 0 spiro atoms. The van der Waals surface area contributed by atoms with Crippen LogP contribution >= 0.6 is 0 Å². The molecule has 2 aromatic heterocycles. The average Bonchev–Trinajstić information content (AvgIpc) is 3.32. The lowest BCUT2D eigenvalue weighted by Gasteiger charge is -2.31. The summed E-state index contributed by atoms with van der Waals surface area (Å²) in [5, 5.41) is 0.286. The van der Waals surface area contributed by atoms with Gasteiger partial charge >= 0.3 is 12.2 Å². The first-order valence-corrected chi connectivity index (χ1v) is 14.9. The molecular formula is C30H32F6N6O2. The summed E-state index contributed by atoms with van der Waals surface area (Å²) in [6, 6.07) is 0.466. The van der Waals surface area contributed by atoms with Crippen molar-refractivity contribution in [3.63, 3.8) is 0 Å². The van der Waals surface area contributed by atoms with E-state index in [9.17, 15) is 22.0 Å². The van der Waals surface area contributed by atoms with Gasteiger partial charge in [-0.05, 0) is 57.2 Å². The van der Waals surface area contributed by atoms with Gasteiger partial charge in [0.05, 0.1) is 40.5 Å². The number of hydrogen-bond donors (Lipinski definition) is 1. The molecule has 0 radical (unpaired) electrons. The van der Waals surface area contributed by atoms with Gasteiger partial charge in [0.25, 0.3) is 0 Å². The summed E-state index contributed by atoms with van der Waals surface area (Å²) in [5.74, 6) is -1.98. The third-order valence-corrected chi connectivity index (χ3v) is 9.54. The van der Waals surface area contributed by atoms with Crippen LogP contribution in [-0.2, 0) is 17.3 Å². The van der Waals surface area contributed by atoms with Crippen molar-refractivity contribution in [1.82, 2.24) is 19.9 Å². The normalized spacial score (nSPS) is 25.6. The molecule has 3 atom stereocenters. The maximum absolute atomic E-state index is 16.6. The van der Waals surface area contributed by atoms with Crippen LogP contribution in [0.5, 0.6) is 6.01 Å². The van der Waals surface area contributed by atoms with E-state index in [1.807, 2.05) is 4.90 Å². The Hall–Kier alpha value is -3.39. The third-order valence-electron chi connectivity index (χ3n) is 9.54. The molecule has 2 N–H and O–H groups in total. The first kappa shape index (κ1) is 29.3.